The summed E-state index contributed by atoms with van der Waals surface area (Å²) in [7, 11) is 0. The maximum absolute atomic E-state index is 4.59. The van der Waals surface area contributed by atoms with Crippen LogP contribution in [0.2, 0.25) is 0 Å². The first-order chi connectivity index (χ1) is 8.81. The second kappa shape index (κ2) is 6.89. The Morgan fingerprint density at radius 1 is 1.32 bits per heavy atom. The van der Waals surface area contributed by atoms with Gasteiger partial charge < -0.3 is 5.32 Å². The molecule has 19 heavy (non-hydrogen) atoms. The summed E-state index contributed by atoms with van der Waals surface area (Å²) in [5.74, 6) is 0. The summed E-state index contributed by atoms with van der Waals surface area (Å²) >= 11 is 3.69. The van der Waals surface area contributed by atoms with Crippen molar-refractivity contribution in [1.29, 1.82) is 0 Å². The lowest BCUT2D eigenvalue weighted by molar-refractivity contribution is 0.262. The topological polar surface area (TPSA) is 29.9 Å². The standard InChI is InChI=1S/C15H28BrN3/c1-7-9-17-13(15(4,5)6)10-12-14(16)11(3)18-19(12)8-2/h13,17H,7-10H2,1-6H3. The summed E-state index contributed by atoms with van der Waals surface area (Å²) in [4.78, 5) is 0. The lowest BCUT2D eigenvalue weighted by Crippen LogP contribution is -2.42. The molecule has 0 radical (unpaired) electrons. The Morgan fingerprint density at radius 2 is 1.95 bits per heavy atom. The van der Waals surface area contributed by atoms with Crippen molar-refractivity contribution in [1.82, 2.24) is 15.1 Å². The number of rotatable bonds is 6. The van der Waals surface area contributed by atoms with Crippen LogP contribution >= 0.6 is 15.9 Å². The van der Waals surface area contributed by atoms with Crippen LogP contribution in [0, 0.1) is 12.3 Å². The van der Waals surface area contributed by atoms with Gasteiger partial charge in [0.1, 0.15) is 0 Å². The van der Waals surface area contributed by atoms with Crippen molar-refractivity contribution in [3.63, 3.8) is 0 Å². The van der Waals surface area contributed by atoms with Gasteiger partial charge in [0.2, 0.25) is 0 Å². The zero-order valence-electron chi connectivity index (χ0n) is 13.2. The smallest absolute Gasteiger partial charge is 0.0738 e. The maximum atomic E-state index is 4.59. The average Bonchev–Trinajstić information content (AvgIpc) is 2.60. The molecule has 0 saturated heterocycles. The molecule has 0 amide bonds. The molecule has 1 atom stereocenters. The molecule has 0 bridgehead atoms. The third-order valence-electron chi connectivity index (χ3n) is 3.54. The number of nitrogens with one attached hydrogen (secondary N) is 1. The van der Waals surface area contributed by atoms with Gasteiger partial charge in [-0.25, -0.2) is 0 Å². The maximum Gasteiger partial charge on any atom is 0.0738 e. The number of halogens is 1. The van der Waals surface area contributed by atoms with Crippen molar-refractivity contribution in [3.8, 4) is 0 Å². The van der Waals surface area contributed by atoms with Crippen molar-refractivity contribution in [2.24, 2.45) is 5.41 Å². The molecule has 1 aromatic rings. The van der Waals surface area contributed by atoms with Crippen LogP contribution in [0.25, 0.3) is 0 Å². The average molecular weight is 330 g/mol. The van der Waals surface area contributed by atoms with Gasteiger partial charge in [-0.1, -0.05) is 27.7 Å². The molecule has 0 aliphatic rings. The van der Waals surface area contributed by atoms with E-state index in [2.05, 4.69) is 72.6 Å². The Kier molecular flexibility index (Phi) is 6.06. The van der Waals surface area contributed by atoms with Gasteiger partial charge in [0.25, 0.3) is 0 Å². The molecule has 3 nitrogen and oxygen atoms in total. The van der Waals surface area contributed by atoms with Crippen molar-refractivity contribution in [2.75, 3.05) is 6.54 Å². The summed E-state index contributed by atoms with van der Waals surface area (Å²) in [5.41, 5.74) is 2.63. The predicted molar refractivity (Wildman–Crippen MR) is 85.6 cm³/mol. The van der Waals surface area contributed by atoms with Crippen LogP contribution in [0.3, 0.4) is 0 Å². The zero-order valence-corrected chi connectivity index (χ0v) is 14.8. The molecule has 0 saturated carbocycles. The largest absolute Gasteiger partial charge is 0.313 e. The van der Waals surface area contributed by atoms with E-state index >= 15 is 0 Å². The van der Waals surface area contributed by atoms with Crippen LogP contribution in [0.5, 0.6) is 0 Å². The van der Waals surface area contributed by atoms with E-state index in [4.69, 9.17) is 0 Å². The lowest BCUT2D eigenvalue weighted by Gasteiger charge is -2.32. The Morgan fingerprint density at radius 3 is 2.42 bits per heavy atom. The highest BCUT2D eigenvalue weighted by atomic mass is 79.9. The van der Waals surface area contributed by atoms with E-state index in [1.165, 1.54) is 16.6 Å². The Balaban J connectivity index is 2.96. The third-order valence-corrected chi connectivity index (χ3v) is 4.57. The van der Waals surface area contributed by atoms with E-state index in [1.54, 1.807) is 0 Å². The summed E-state index contributed by atoms with van der Waals surface area (Å²) in [6.07, 6.45) is 2.18. The van der Waals surface area contributed by atoms with E-state index in [1.807, 2.05) is 0 Å². The summed E-state index contributed by atoms with van der Waals surface area (Å²) in [6.45, 7) is 15.3. The Labute approximate surface area is 126 Å². The molecular formula is C15H28BrN3. The van der Waals surface area contributed by atoms with Crippen molar-refractivity contribution < 1.29 is 0 Å². The Hall–Kier alpha value is -0.350. The predicted octanol–water partition coefficient (Wildman–Crippen LogP) is 3.93. The van der Waals surface area contributed by atoms with Crippen LogP contribution in [-0.2, 0) is 13.0 Å². The first kappa shape index (κ1) is 16.7. The van der Waals surface area contributed by atoms with Gasteiger partial charge in [0.15, 0.2) is 0 Å². The van der Waals surface area contributed by atoms with Crippen LogP contribution in [0.15, 0.2) is 4.47 Å². The van der Waals surface area contributed by atoms with Gasteiger partial charge in [-0.2, -0.15) is 5.10 Å². The number of aromatic nitrogens is 2. The van der Waals surface area contributed by atoms with Gasteiger partial charge in [-0.15, -0.1) is 0 Å². The van der Waals surface area contributed by atoms with E-state index in [0.717, 1.165) is 25.2 Å². The zero-order chi connectivity index (χ0) is 14.6. The fraction of sp³-hybridized carbons (Fsp3) is 0.800. The minimum Gasteiger partial charge on any atom is -0.313 e. The molecule has 1 heterocycles. The van der Waals surface area contributed by atoms with Gasteiger partial charge in [-0.3, -0.25) is 4.68 Å². The minimum atomic E-state index is 0.241. The lowest BCUT2D eigenvalue weighted by atomic mass is 9.84. The molecule has 0 fully saturated rings. The molecular weight excluding hydrogens is 302 g/mol. The van der Waals surface area contributed by atoms with Crippen LogP contribution in [0.1, 0.15) is 52.4 Å². The summed E-state index contributed by atoms with van der Waals surface area (Å²) in [6, 6.07) is 0.463. The first-order valence-electron chi connectivity index (χ1n) is 7.26. The van der Waals surface area contributed by atoms with Gasteiger partial charge >= 0.3 is 0 Å². The molecule has 4 heteroatoms. The molecule has 1 rings (SSSR count). The van der Waals surface area contributed by atoms with E-state index in [9.17, 15) is 0 Å². The quantitative estimate of drug-likeness (QED) is 0.856. The van der Waals surface area contributed by atoms with Gasteiger partial charge in [0, 0.05) is 19.0 Å². The highest BCUT2D eigenvalue weighted by molar-refractivity contribution is 9.10. The molecule has 0 spiro atoms. The van der Waals surface area contributed by atoms with Crippen molar-refractivity contribution in [3.05, 3.63) is 15.9 Å². The second-order valence-electron chi connectivity index (χ2n) is 6.24. The highest BCUT2D eigenvalue weighted by Gasteiger charge is 2.26. The molecule has 1 unspecified atom stereocenters. The first-order valence-corrected chi connectivity index (χ1v) is 8.05. The second-order valence-corrected chi connectivity index (χ2v) is 7.03. The molecule has 1 aromatic heterocycles. The monoisotopic (exact) mass is 329 g/mol. The fourth-order valence-corrected chi connectivity index (χ4v) is 2.71. The Bertz CT molecular complexity index is 404. The number of aryl methyl sites for hydroxylation is 2. The van der Waals surface area contributed by atoms with Crippen molar-refractivity contribution in [2.45, 2.75) is 67.0 Å². The van der Waals surface area contributed by atoms with E-state index in [-0.39, 0.29) is 5.41 Å². The molecule has 1 N–H and O–H groups in total. The van der Waals surface area contributed by atoms with Gasteiger partial charge in [0.05, 0.1) is 15.9 Å². The van der Waals surface area contributed by atoms with Crippen LogP contribution in [-0.4, -0.2) is 22.4 Å². The number of hydrogen-bond acceptors (Lipinski definition) is 2. The normalized spacial score (nSPS) is 13.8. The fourth-order valence-electron chi connectivity index (χ4n) is 2.26. The van der Waals surface area contributed by atoms with E-state index < -0.39 is 0 Å². The molecule has 0 aliphatic carbocycles. The summed E-state index contributed by atoms with van der Waals surface area (Å²) in [5, 5.41) is 8.27. The van der Waals surface area contributed by atoms with E-state index in [0.29, 0.717) is 6.04 Å². The summed E-state index contributed by atoms with van der Waals surface area (Å²) < 4.78 is 3.29. The third kappa shape index (κ3) is 4.32. The van der Waals surface area contributed by atoms with Gasteiger partial charge in [-0.05, 0) is 48.2 Å². The minimum absolute atomic E-state index is 0.241. The number of hydrogen-bond donors (Lipinski definition) is 1. The molecule has 110 valence electrons. The SMILES string of the molecule is CCCNC(Cc1c(Br)c(C)nn1CC)C(C)(C)C. The van der Waals surface area contributed by atoms with Crippen LogP contribution in [0.4, 0.5) is 0 Å². The molecule has 0 aliphatic heterocycles. The molecule has 0 aromatic carbocycles. The van der Waals surface area contributed by atoms with Crippen molar-refractivity contribution >= 4 is 15.9 Å². The van der Waals surface area contributed by atoms with Crippen LogP contribution < -0.4 is 5.32 Å². The highest BCUT2D eigenvalue weighted by Crippen LogP contribution is 2.27. The number of nitrogens with zero attached hydrogens (tertiary/aromatic N) is 2.